The van der Waals surface area contributed by atoms with Gasteiger partial charge in [0.2, 0.25) is 5.91 Å². The van der Waals surface area contributed by atoms with E-state index in [2.05, 4.69) is 47.8 Å². The number of hydrogen-bond donors (Lipinski definition) is 1. The Morgan fingerprint density at radius 2 is 1.70 bits per heavy atom. The van der Waals surface area contributed by atoms with E-state index in [4.69, 9.17) is 0 Å². The quantitative estimate of drug-likeness (QED) is 0.419. The maximum atomic E-state index is 13.3. The van der Waals surface area contributed by atoms with Crippen molar-refractivity contribution in [3.05, 3.63) is 106 Å². The Kier molecular flexibility index (Phi) is 5.07. The van der Waals surface area contributed by atoms with E-state index in [0.717, 1.165) is 35.5 Å². The number of hydrogen-bond acceptors (Lipinski definition) is 3. The van der Waals surface area contributed by atoms with Crippen LogP contribution in [0.5, 0.6) is 0 Å². The summed E-state index contributed by atoms with van der Waals surface area (Å²) in [6, 6.07) is 25.5. The fourth-order valence-electron chi connectivity index (χ4n) is 4.89. The van der Waals surface area contributed by atoms with Gasteiger partial charge in [0, 0.05) is 17.5 Å². The molecule has 2 aliphatic rings. The summed E-state index contributed by atoms with van der Waals surface area (Å²) in [5.74, 6) is 0.948. The monoisotopic (exact) mass is 452 g/mol. The minimum absolute atomic E-state index is 0.0807. The summed E-state index contributed by atoms with van der Waals surface area (Å²) in [6.07, 6.45) is 3.03. The highest BCUT2D eigenvalue weighted by molar-refractivity contribution is 7.99. The molecule has 164 valence electrons. The number of aromatic nitrogens is 1. The summed E-state index contributed by atoms with van der Waals surface area (Å²) < 4.78 is 1.74. The molecule has 33 heavy (non-hydrogen) atoms. The average molecular weight is 453 g/mol. The molecule has 6 rings (SSSR count). The van der Waals surface area contributed by atoms with Crippen LogP contribution in [0.3, 0.4) is 0 Å². The number of nitrogens with zero attached hydrogens (tertiary/aromatic N) is 1. The largest absolute Gasteiger partial charge is 0.324 e. The van der Waals surface area contributed by atoms with Crippen molar-refractivity contribution in [1.82, 2.24) is 4.57 Å². The zero-order valence-corrected chi connectivity index (χ0v) is 19.0. The number of para-hydroxylation sites is 1. The summed E-state index contributed by atoms with van der Waals surface area (Å²) in [7, 11) is 0. The van der Waals surface area contributed by atoms with Crippen LogP contribution in [0.4, 0.5) is 5.69 Å². The Morgan fingerprint density at radius 3 is 2.52 bits per heavy atom. The Bertz CT molecular complexity index is 1420. The second-order valence-corrected chi connectivity index (χ2v) is 9.88. The first-order valence-corrected chi connectivity index (χ1v) is 12.4. The van der Waals surface area contributed by atoms with Crippen molar-refractivity contribution in [3.63, 3.8) is 0 Å². The number of thioether (sulfide) groups is 1. The van der Waals surface area contributed by atoms with Gasteiger partial charge in [0.25, 0.3) is 5.56 Å². The van der Waals surface area contributed by atoms with Crippen LogP contribution in [0, 0.1) is 0 Å². The van der Waals surface area contributed by atoms with Gasteiger partial charge in [-0.05, 0) is 64.8 Å². The number of rotatable bonds is 5. The van der Waals surface area contributed by atoms with Crippen molar-refractivity contribution in [1.29, 1.82) is 0 Å². The predicted molar refractivity (Wildman–Crippen MR) is 134 cm³/mol. The molecule has 4 aromatic rings. The van der Waals surface area contributed by atoms with Gasteiger partial charge in [0.15, 0.2) is 0 Å². The van der Waals surface area contributed by atoms with Crippen molar-refractivity contribution >= 4 is 34.1 Å². The zero-order chi connectivity index (χ0) is 22.4. The van der Waals surface area contributed by atoms with Crippen LogP contribution < -0.4 is 10.9 Å². The molecule has 3 aromatic carbocycles. The van der Waals surface area contributed by atoms with Crippen molar-refractivity contribution in [3.8, 4) is 0 Å². The third-order valence-corrected chi connectivity index (χ3v) is 7.78. The number of carbonyl (C=O) groups is 1. The molecule has 1 N–H and O–H groups in total. The Hall–Kier alpha value is -3.31. The highest BCUT2D eigenvalue weighted by Crippen LogP contribution is 2.48. The normalized spacial score (nSPS) is 17.2. The fourth-order valence-corrected chi connectivity index (χ4v) is 6.31. The van der Waals surface area contributed by atoms with E-state index in [9.17, 15) is 9.59 Å². The molecular weight excluding hydrogens is 428 g/mol. The lowest BCUT2D eigenvalue weighted by atomic mass is 9.95. The van der Waals surface area contributed by atoms with E-state index in [1.165, 1.54) is 21.9 Å². The zero-order valence-electron chi connectivity index (χ0n) is 18.2. The van der Waals surface area contributed by atoms with Gasteiger partial charge in [-0.3, -0.25) is 14.2 Å². The smallest absolute Gasteiger partial charge is 0.252 e. The third-order valence-electron chi connectivity index (χ3n) is 6.61. The SMILES string of the molecule is O=C(Nc1ccccc1)C1CSc2c(C3CC3)c(Cc3cccc4ccccc34)cc(=O)n21. The van der Waals surface area contributed by atoms with Gasteiger partial charge in [-0.15, -0.1) is 11.8 Å². The molecule has 0 radical (unpaired) electrons. The molecule has 5 heteroatoms. The first kappa shape index (κ1) is 20.3. The molecule has 1 fully saturated rings. The number of amides is 1. The lowest BCUT2D eigenvalue weighted by molar-refractivity contribution is -0.118. The lowest BCUT2D eigenvalue weighted by Gasteiger charge is -2.18. The molecule has 1 aliphatic heterocycles. The van der Waals surface area contributed by atoms with Crippen molar-refractivity contribution < 1.29 is 4.79 Å². The van der Waals surface area contributed by atoms with Gasteiger partial charge >= 0.3 is 0 Å². The maximum Gasteiger partial charge on any atom is 0.252 e. The highest BCUT2D eigenvalue weighted by atomic mass is 32.2. The van der Waals surface area contributed by atoms with E-state index < -0.39 is 6.04 Å². The van der Waals surface area contributed by atoms with Gasteiger partial charge in [-0.1, -0.05) is 60.7 Å². The predicted octanol–water partition coefficient (Wildman–Crippen LogP) is 5.76. The Labute approximate surface area is 196 Å². The number of carbonyl (C=O) groups excluding carboxylic acids is 1. The molecular formula is C28H24N2O2S. The molecule has 2 heterocycles. The van der Waals surface area contributed by atoms with Crippen LogP contribution in [0.15, 0.2) is 88.7 Å². The van der Waals surface area contributed by atoms with Crippen molar-refractivity contribution in [2.24, 2.45) is 0 Å². The second kappa shape index (κ2) is 8.23. The molecule has 1 atom stereocenters. The summed E-state index contributed by atoms with van der Waals surface area (Å²) >= 11 is 1.65. The van der Waals surface area contributed by atoms with Gasteiger partial charge < -0.3 is 5.32 Å². The first-order chi connectivity index (χ1) is 16.2. The van der Waals surface area contributed by atoms with Gasteiger partial charge in [0.1, 0.15) is 6.04 Å². The number of pyridine rings is 1. The van der Waals surface area contributed by atoms with Crippen LogP contribution in [0.25, 0.3) is 10.8 Å². The summed E-state index contributed by atoms with van der Waals surface area (Å²) in [4.78, 5) is 26.4. The van der Waals surface area contributed by atoms with Crippen LogP contribution >= 0.6 is 11.8 Å². The standard InChI is InChI=1S/C28H24N2O2S/c31-25-16-21(15-20-9-6-8-18-7-4-5-12-23(18)20)26(19-13-14-19)28-30(25)24(17-33-28)27(32)29-22-10-2-1-3-11-22/h1-12,16,19,24H,13-15,17H2,(H,29,32). The van der Waals surface area contributed by atoms with Crippen LogP contribution in [-0.4, -0.2) is 16.2 Å². The van der Waals surface area contributed by atoms with Crippen molar-refractivity contribution in [2.45, 2.75) is 36.2 Å². The van der Waals surface area contributed by atoms with E-state index in [0.29, 0.717) is 11.7 Å². The molecule has 4 nitrogen and oxygen atoms in total. The van der Waals surface area contributed by atoms with E-state index in [1.54, 1.807) is 22.4 Å². The topological polar surface area (TPSA) is 51.1 Å². The number of anilines is 1. The molecule has 0 saturated heterocycles. The Morgan fingerprint density at radius 1 is 0.939 bits per heavy atom. The third kappa shape index (κ3) is 3.76. The van der Waals surface area contributed by atoms with E-state index >= 15 is 0 Å². The van der Waals surface area contributed by atoms with Crippen LogP contribution in [0.2, 0.25) is 0 Å². The molecule has 0 spiro atoms. The molecule has 1 aliphatic carbocycles. The van der Waals surface area contributed by atoms with Gasteiger partial charge in [-0.25, -0.2) is 0 Å². The minimum Gasteiger partial charge on any atom is -0.324 e. The number of benzene rings is 3. The van der Waals surface area contributed by atoms with Crippen LogP contribution in [0.1, 0.15) is 41.5 Å². The van der Waals surface area contributed by atoms with Gasteiger partial charge in [0.05, 0.1) is 5.03 Å². The molecule has 1 unspecified atom stereocenters. The molecule has 1 aromatic heterocycles. The minimum atomic E-state index is -0.484. The fraction of sp³-hybridized carbons (Fsp3) is 0.214. The summed E-state index contributed by atoms with van der Waals surface area (Å²) in [5.41, 5.74) is 4.30. The van der Waals surface area contributed by atoms with Crippen molar-refractivity contribution in [2.75, 3.05) is 11.1 Å². The van der Waals surface area contributed by atoms with Crippen LogP contribution in [-0.2, 0) is 11.2 Å². The summed E-state index contributed by atoms with van der Waals surface area (Å²) in [6.45, 7) is 0. The highest BCUT2D eigenvalue weighted by Gasteiger charge is 2.37. The average Bonchev–Trinajstić information content (AvgIpc) is 3.57. The Balaban J connectivity index is 1.39. The summed E-state index contributed by atoms with van der Waals surface area (Å²) in [5, 5.41) is 6.42. The first-order valence-electron chi connectivity index (χ1n) is 11.4. The number of nitrogens with one attached hydrogen (secondary N) is 1. The second-order valence-electron chi connectivity index (χ2n) is 8.87. The molecule has 1 amide bonds. The van der Waals surface area contributed by atoms with Gasteiger partial charge in [-0.2, -0.15) is 0 Å². The lowest BCUT2D eigenvalue weighted by Crippen LogP contribution is -2.33. The molecule has 1 saturated carbocycles. The van der Waals surface area contributed by atoms with E-state index in [-0.39, 0.29) is 11.5 Å². The van der Waals surface area contributed by atoms with E-state index in [1.807, 2.05) is 30.3 Å². The maximum absolute atomic E-state index is 13.3. The molecule has 0 bridgehead atoms. The number of fused-ring (bicyclic) bond motifs is 2.